The number of nitrogens with zero attached hydrogens (tertiary/aromatic N) is 2. The Morgan fingerprint density at radius 2 is 1.86 bits per heavy atom. The fourth-order valence-electron chi connectivity index (χ4n) is 4.51. The lowest BCUT2D eigenvalue weighted by atomic mass is 9.98. The minimum absolute atomic E-state index is 0.0666. The second-order valence-corrected chi connectivity index (χ2v) is 9.68. The number of hydrogen-bond acceptors (Lipinski definition) is 5. The number of anilines is 2. The number of thiophene rings is 2. The molecule has 2 aliphatic heterocycles. The summed E-state index contributed by atoms with van der Waals surface area (Å²) in [6, 6.07) is 14.9. The first kappa shape index (κ1) is 18.9. The van der Waals surface area contributed by atoms with Gasteiger partial charge in [-0.2, -0.15) is 0 Å². The fourth-order valence-corrected chi connectivity index (χ4v) is 6.29. The molecule has 2 aromatic heterocycles. The molecule has 0 bridgehead atoms. The summed E-state index contributed by atoms with van der Waals surface area (Å²) < 4.78 is 0. The van der Waals surface area contributed by atoms with Gasteiger partial charge in [-0.15, -0.1) is 22.7 Å². The topological polar surface area (TPSA) is 35.6 Å². The summed E-state index contributed by atoms with van der Waals surface area (Å²) in [4.78, 5) is 20.5. The third-order valence-corrected chi connectivity index (χ3v) is 7.77. The number of rotatable bonds is 5. The Morgan fingerprint density at radius 1 is 1.00 bits per heavy atom. The van der Waals surface area contributed by atoms with Crippen LogP contribution in [0.3, 0.4) is 0 Å². The van der Waals surface area contributed by atoms with E-state index in [1.807, 2.05) is 23.5 Å². The van der Waals surface area contributed by atoms with Gasteiger partial charge < -0.3 is 10.2 Å². The van der Waals surface area contributed by atoms with Crippen LogP contribution in [0.4, 0.5) is 11.4 Å². The molecule has 0 spiro atoms. The van der Waals surface area contributed by atoms with Crippen molar-refractivity contribution in [2.75, 3.05) is 36.4 Å². The minimum atomic E-state index is 0.0666. The zero-order valence-corrected chi connectivity index (χ0v) is 18.0. The van der Waals surface area contributed by atoms with Crippen LogP contribution in [0.5, 0.6) is 0 Å². The van der Waals surface area contributed by atoms with E-state index in [0.717, 1.165) is 37.4 Å². The van der Waals surface area contributed by atoms with Crippen molar-refractivity contribution in [1.82, 2.24) is 4.90 Å². The molecule has 6 heteroatoms. The molecule has 1 saturated heterocycles. The van der Waals surface area contributed by atoms with Gasteiger partial charge in [-0.3, -0.25) is 9.69 Å². The smallest absolute Gasteiger partial charge is 0.238 e. The summed E-state index contributed by atoms with van der Waals surface area (Å²) in [7, 11) is 0. The summed E-state index contributed by atoms with van der Waals surface area (Å²) in [5.74, 6) is 0.0666. The number of para-hydroxylation sites is 2. The van der Waals surface area contributed by atoms with Crippen LogP contribution in [0.15, 0.2) is 53.2 Å². The highest BCUT2D eigenvalue weighted by Crippen LogP contribution is 2.39. The predicted molar refractivity (Wildman–Crippen MR) is 122 cm³/mol. The Kier molecular flexibility index (Phi) is 5.40. The molecular weight excluding hydrogens is 398 g/mol. The molecule has 0 aliphatic carbocycles. The molecule has 1 unspecified atom stereocenters. The molecular formula is C23H25N3OS2. The van der Waals surface area contributed by atoms with Gasteiger partial charge >= 0.3 is 0 Å². The number of hydrogen-bond donors (Lipinski definition) is 1. The Labute approximate surface area is 179 Å². The van der Waals surface area contributed by atoms with E-state index in [0.29, 0.717) is 6.54 Å². The van der Waals surface area contributed by atoms with E-state index < -0.39 is 0 Å². The van der Waals surface area contributed by atoms with Gasteiger partial charge in [-0.05, 0) is 59.9 Å². The summed E-state index contributed by atoms with van der Waals surface area (Å²) >= 11 is 3.61. The number of carbonyl (C=O) groups is 1. The molecule has 1 amide bonds. The van der Waals surface area contributed by atoms with Gasteiger partial charge in [0.1, 0.15) is 0 Å². The van der Waals surface area contributed by atoms with Crippen LogP contribution in [0.2, 0.25) is 0 Å². The molecule has 4 heterocycles. The van der Waals surface area contributed by atoms with E-state index in [4.69, 9.17) is 0 Å². The van der Waals surface area contributed by atoms with E-state index in [-0.39, 0.29) is 11.9 Å². The van der Waals surface area contributed by atoms with Gasteiger partial charge in [0.2, 0.25) is 5.91 Å². The first-order valence-corrected chi connectivity index (χ1v) is 12.0. The van der Waals surface area contributed by atoms with E-state index in [1.165, 1.54) is 28.2 Å². The fraction of sp³-hybridized carbons (Fsp3) is 0.348. The molecule has 1 N–H and O–H groups in total. The molecule has 150 valence electrons. The van der Waals surface area contributed by atoms with Crippen molar-refractivity contribution >= 4 is 40.0 Å². The summed E-state index contributed by atoms with van der Waals surface area (Å²) in [5, 5.41) is 7.51. The molecule has 29 heavy (non-hydrogen) atoms. The van der Waals surface area contributed by atoms with E-state index >= 15 is 0 Å². The average Bonchev–Trinajstić information content (AvgIpc) is 3.50. The Hall–Kier alpha value is -2.15. The van der Waals surface area contributed by atoms with Crippen molar-refractivity contribution < 1.29 is 4.79 Å². The molecule has 1 fully saturated rings. The summed E-state index contributed by atoms with van der Waals surface area (Å²) in [5.41, 5.74) is 3.45. The lowest BCUT2D eigenvalue weighted by molar-refractivity contribution is -0.117. The van der Waals surface area contributed by atoms with Crippen LogP contribution < -0.4 is 10.2 Å². The van der Waals surface area contributed by atoms with Crippen LogP contribution in [-0.4, -0.2) is 37.0 Å². The van der Waals surface area contributed by atoms with Crippen molar-refractivity contribution in [3.63, 3.8) is 0 Å². The quantitative estimate of drug-likeness (QED) is 0.628. The maximum absolute atomic E-state index is 13.0. The van der Waals surface area contributed by atoms with Gasteiger partial charge in [-0.1, -0.05) is 18.2 Å². The van der Waals surface area contributed by atoms with Crippen LogP contribution in [0.25, 0.3) is 0 Å². The van der Waals surface area contributed by atoms with Crippen molar-refractivity contribution in [2.45, 2.75) is 25.3 Å². The SMILES string of the molecule is O=C(CN1CCc2sccc2C1c1cccs1)Nc1ccccc1N1CCCC1. The van der Waals surface area contributed by atoms with Gasteiger partial charge in [0.25, 0.3) is 0 Å². The Morgan fingerprint density at radius 3 is 2.69 bits per heavy atom. The van der Waals surface area contributed by atoms with Crippen LogP contribution in [-0.2, 0) is 11.2 Å². The Balaban J connectivity index is 1.34. The maximum atomic E-state index is 13.0. The normalized spacial score (nSPS) is 19.3. The largest absolute Gasteiger partial charge is 0.370 e. The van der Waals surface area contributed by atoms with Gasteiger partial charge in [-0.25, -0.2) is 0 Å². The molecule has 5 rings (SSSR count). The van der Waals surface area contributed by atoms with E-state index in [2.05, 4.69) is 56.2 Å². The lowest BCUT2D eigenvalue weighted by Crippen LogP contribution is -2.40. The van der Waals surface area contributed by atoms with Gasteiger partial charge in [0.05, 0.1) is 24.0 Å². The van der Waals surface area contributed by atoms with Crippen LogP contribution in [0.1, 0.15) is 34.2 Å². The molecule has 0 saturated carbocycles. The summed E-state index contributed by atoms with van der Waals surface area (Å²) in [6.07, 6.45) is 3.47. The number of amides is 1. The third-order valence-electron chi connectivity index (χ3n) is 5.85. The number of nitrogens with one attached hydrogen (secondary N) is 1. The van der Waals surface area contributed by atoms with Crippen molar-refractivity contribution in [3.8, 4) is 0 Å². The molecule has 4 nitrogen and oxygen atoms in total. The zero-order chi connectivity index (χ0) is 19.6. The molecule has 1 atom stereocenters. The highest BCUT2D eigenvalue weighted by atomic mass is 32.1. The van der Waals surface area contributed by atoms with Crippen LogP contribution >= 0.6 is 22.7 Å². The number of fused-ring (bicyclic) bond motifs is 1. The highest BCUT2D eigenvalue weighted by molar-refractivity contribution is 7.10. The standard InChI is InChI=1S/C23H25N3OS2/c27-22(24-18-6-1-2-7-19(18)25-11-3-4-12-25)16-26-13-9-20-17(10-15-29-20)23(26)21-8-5-14-28-21/h1-2,5-8,10,14-15,23H,3-4,9,11-13,16H2,(H,24,27). The summed E-state index contributed by atoms with van der Waals surface area (Å²) in [6.45, 7) is 3.46. The zero-order valence-electron chi connectivity index (χ0n) is 16.3. The first-order valence-electron chi connectivity index (χ1n) is 10.3. The molecule has 0 radical (unpaired) electrons. The monoisotopic (exact) mass is 423 g/mol. The van der Waals surface area contributed by atoms with Crippen LogP contribution in [0, 0.1) is 0 Å². The van der Waals surface area contributed by atoms with E-state index in [1.54, 1.807) is 11.3 Å². The first-order chi connectivity index (χ1) is 14.3. The van der Waals surface area contributed by atoms with Crippen molar-refractivity contribution in [3.05, 3.63) is 68.5 Å². The lowest BCUT2D eigenvalue weighted by Gasteiger charge is -2.35. The molecule has 3 aromatic rings. The second kappa shape index (κ2) is 8.30. The van der Waals surface area contributed by atoms with Gasteiger partial charge in [0, 0.05) is 29.4 Å². The number of benzene rings is 1. The van der Waals surface area contributed by atoms with Crippen molar-refractivity contribution in [1.29, 1.82) is 0 Å². The Bertz CT molecular complexity index is 976. The van der Waals surface area contributed by atoms with E-state index in [9.17, 15) is 4.79 Å². The molecule has 2 aliphatic rings. The third kappa shape index (κ3) is 3.84. The predicted octanol–water partition coefficient (Wildman–Crippen LogP) is 5.00. The highest BCUT2D eigenvalue weighted by Gasteiger charge is 2.31. The average molecular weight is 424 g/mol. The minimum Gasteiger partial charge on any atom is -0.370 e. The van der Waals surface area contributed by atoms with Crippen molar-refractivity contribution in [2.24, 2.45) is 0 Å². The molecule has 1 aromatic carbocycles. The van der Waals surface area contributed by atoms with Gasteiger partial charge in [0.15, 0.2) is 0 Å². The second-order valence-electron chi connectivity index (χ2n) is 7.70. The maximum Gasteiger partial charge on any atom is 0.238 e. The number of carbonyl (C=O) groups excluding carboxylic acids is 1.